The fraction of sp³-hybridized carbons (Fsp3) is 0.273. The van der Waals surface area contributed by atoms with Crippen LogP contribution in [0.4, 0.5) is 5.82 Å². The summed E-state index contributed by atoms with van der Waals surface area (Å²) < 4.78 is 4.59. The average Bonchev–Trinajstić information content (AvgIpc) is 2.89. The van der Waals surface area contributed by atoms with Gasteiger partial charge < -0.3 is 10.5 Å². The van der Waals surface area contributed by atoms with E-state index in [0.29, 0.717) is 17.2 Å². The summed E-state index contributed by atoms with van der Waals surface area (Å²) in [6.45, 7) is 0. The number of nitriles is 1. The van der Waals surface area contributed by atoms with Gasteiger partial charge in [-0.3, -0.25) is 0 Å². The lowest BCUT2D eigenvalue weighted by atomic mass is 10.2. The third-order valence-corrected chi connectivity index (χ3v) is 4.03. The molecule has 0 aliphatic carbocycles. The molecule has 98 valence electrons. The molecule has 0 fully saturated rings. The van der Waals surface area contributed by atoms with Crippen LogP contribution in [0.1, 0.15) is 28.0 Å². The maximum atomic E-state index is 11.5. The molecule has 1 atom stereocenters. The lowest BCUT2D eigenvalue weighted by Crippen LogP contribution is -2.12. The second-order valence-corrected chi connectivity index (χ2v) is 5.27. The topological polar surface area (TPSA) is 102 Å². The predicted molar refractivity (Wildman–Crippen MR) is 71.4 cm³/mol. The number of allylic oxidation sites excluding steroid dienone is 2. The lowest BCUT2D eigenvalue weighted by molar-refractivity contribution is 0.0593. The molecule has 8 heteroatoms. The number of hydrogen-bond acceptors (Lipinski definition) is 7. The van der Waals surface area contributed by atoms with Crippen LogP contribution in [0.25, 0.3) is 0 Å². The summed E-state index contributed by atoms with van der Waals surface area (Å²) >= 11 is 7.21. The SMILES string of the molecule is COC(=O)c1nc(C2CC=C(C#N)S2)nc(N)c1Cl. The van der Waals surface area contributed by atoms with Crippen molar-refractivity contribution < 1.29 is 9.53 Å². The van der Waals surface area contributed by atoms with Crippen molar-refractivity contribution >= 4 is 35.1 Å². The van der Waals surface area contributed by atoms with Crippen LogP contribution >= 0.6 is 23.4 Å². The minimum Gasteiger partial charge on any atom is -0.464 e. The summed E-state index contributed by atoms with van der Waals surface area (Å²) in [5.41, 5.74) is 5.61. The number of nitrogen functional groups attached to an aromatic ring is 1. The van der Waals surface area contributed by atoms with E-state index in [0.717, 1.165) is 0 Å². The van der Waals surface area contributed by atoms with Gasteiger partial charge in [-0.15, -0.1) is 11.8 Å². The van der Waals surface area contributed by atoms with E-state index in [4.69, 9.17) is 22.6 Å². The summed E-state index contributed by atoms with van der Waals surface area (Å²) in [5.74, 6) is -0.274. The summed E-state index contributed by atoms with van der Waals surface area (Å²) in [4.78, 5) is 20.3. The van der Waals surface area contributed by atoms with Crippen LogP contribution < -0.4 is 5.73 Å². The highest BCUT2D eigenvalue weighted by Gasteiger charge is 2.26. The van der Waals surface area contributed by atoms with Crippen molar-refractivity contribution in [2.24, 2.45) is 0 Å². The van der Waals surface area contributed by atoms with Gasteiger partial charge in [-0.25, -0.2) is 14.8 Å². The molecule has 1 aromatic rings. The molecule has 6 nitrogen and oxygen atoms in total. The highest BCUT2D eigenvalue weighted by Crippen LogP contribution is 2.42. The largest absolute Gasteiger partial charge is 0.464 e. The van der Waals surface area contributed by atoms with Gasteiger partial charge in [0.25, 0.3) is 0 Å². The molecule has 2 N–H and O–H groups in total. The Hall–Kier alpha value is -1.78. The number of nitrogens with zero attached hydrogens (tertiary/aromatic N) is 3. The number of carbonyl (C=O) groups excluding carboxylic acids is 1. The van der Waals surface area contributed by atoms with Crippen molar-refractivity contribution in [3.8, 4) is 6.07 Å². The van der Waals surface area contributed by atoms with Gasteiger partial charge >= 0.3 is 5.97 Å². The number of halogens is 1. The first-order chi connectivity index (χ1) is 9.06. The van der Waals surface area contributed by atoms with E-state index in [1.807, 2.05) is 0 Å². The van der Waals surface area contributed by atoms with E-state index in [9.17, 15) is 4.79 Å². The molecule has 19 heavy (non-hydrogen) atoms. The van der Waals surface area contributed by atoms with Gasteiger partial charge in [-0.2, -0.15) is 5.26 Å². The second kappa shape index (κ2) is 5.47. The number of nitrogens with two attached hydrogens (primary N) is 1. The molecule has 0 bridgehead atoms. The number of aromatic nitrogens is 2. The van der Waals surface area contributed by atoms with Gasteiger partial charge in [0, 0.05) is 0 Å². The zero-order chi connectivity index (χ0) is 14.0. The van der Waals surface area contributed by atoms with Crippen molar-refractivity contribution in [1.82, 2.24) is 9.97 Å². The molecule has 0 spiro atoms. The van der Waals surface area contributed by atoms with Crippen molar-refractivity contribution in [2.45, 2.75) is 11.7 Å². The van der Waals surface area contributed by atoms with Crippen LogP contribution in [-0.4, -0.2) is 23.0 Å². The highest BCUT2D eigenvalue weighted by atomic mass is 35.5. The van der Waals surface area contributed by atoms with Crippen LogP contribution in [0.5, 0.6) is 0 Å². The van der Waals surface area contributed by atoms with Crippen LogP contribution in [0.15, 0.2) is 11.0 Å². The summed E-state index contributed by atoms with van der Waals surface area (Å²) in [7, 11) is 1.23. The van der Waals surface area contributed by atoms with E-state index in [1.54, 1.807) is 6.08 Å². The van der Waals surface area contributed by atoms with Crippen LogP contribution in [0, 0.1) is 11.3 Å². The number of hydrogen-bond donors (Lipinski definition) is 1. The Bertz CT molecular complexity index is 611. The van der Waals surface area contributed by atoms with Gasteiger partial charge in [0.05, 0.1) is 17.3 Å². The van der Waals surface area contributed by atoms with Crippen molar-refractivity contribution in [1.29, 1.82) is 5.26 Å². The van der Waals surface area contributed by atoms with Gasteiger partial charge in [-0.05, 0) is 6.42 Å². The number of ether oxygens (including phenoxy) is 1. The molecule has 2 heterocycles. The first kappa shape index (κ1) is 13.6. The van der Waals surface area contributed by atoms with Gasteiger partial charge in [-0.1, -0.05) is 17.7 Å². The van der Waals surface area contributed by atoms with Crippen molar-refractivity contribution in [3.05, 3.63) is 27.5 Å². The molecule has 0 amide bonds. The predicted octanol–water partition coefficient (Wildman–Crippen LogP) is 2.08. The van der Waals surface area contributed by atoms with Crippen molar-refractivity contribution in [2.75, 3.05) is 12.8 Å². The molecule has 1 aliphatic heterocycles. The molecular weight excluding hydrogens is 288 g/mol. The Balaban J connectivity index is 2.36. The summed E-state index contributed by atoms with van der Waals surface area (Å²) in [5, 5.41) is 8.65. The Morgan fingerprint density at radius 1 is 1.68 bits per heavy atom. The molecule has 1 aromatic heterocycles. The smallest absolute Gasteiger partial charge is 0.358 e. The zero-order valence-electron chi connectivity index (χ0n) is 9.88. The summed E-state index contributed by atoms with van der Waals surface area (Å²) in [6.07, 6.45) is 2.40. The Kier molecular flexibility index (Phi) is 3.93. The first-order valence-corrected chi connectivity index (χ1v) is 6.50. The monoisotopic (exact) mass is 296 g/mol. The van der Waals surface area contributed by atoms with Crippen LogP contribution in [0.2, 0.25) is 5.02 Å². The zero-order valence-corrected chi connectivity index (χ0v) is 11.5. The fourth-order valence-electron chi connectivity index (χ4n) is 1.55. The molecule has 2 rings (SSSR count). The van der Waals surface area contributed by atoms with Crippen LogP contribution in [-0.2, 0) is 4.74 Å². The fourth-order valence-corrected chi connectivity index (χ4v) is 2.67. The molecule has 0 radical (unpaired) electrons. The Morgan fingerprint density at radius 3 is 3.00 bits per heavy atom. The number of esters is 1. The standard InChI is InChI=1S/C11H9ClN4O2S/c1-18-11(17)8-7(12)9(14)16-10(15-8)6-3-2-5(4-13)19-6/h2,6H,3H2,1H3,(H2,14,15,16). The molecule has 1 unspecified atom stereocenters. The maximum Gasteiger partial charge on any atom is 0.358 e. The van der Waals surface area contributed by atoms with Crippen LogP contribution in [0.3, 0.4) is 0 Å². The number of rotatable bonds is 2. The molecular formula is C11H9ClN4O2S. The van der Waals surface area contributed by atoms with E-state index in [-0.39, 0.29) is 21.8 Å². The van der Waals surface area contributed by atoms with E-state index in [1.165, 1.54) is 18.9 Å². The third kappa shape index (κ3) is 2.64. The Labute approximate surface area is 118 Å². The maximum absolute atomic E-state index is 11.5. The molecule has 1 aliphatic rings. The quantitative estimate of drug-likeness (QED) is 0.833. The second-order valence-electron chi connectivity index (χ2n) is 3.64. The van der Waals surface area contributed by atoms with Gasteiger partial charge in [0.15, 0.2) is 5.69 Å². The highest BCUT2D eigenvalue weighted by molar-refractivity contribution is 8.03. The van der Waals surface area contributed by atoms with E-state index < -0.39 is 5.97 Å². The number of anilines is 1. The molecule has 0 saturated heterocycles. The molecule has 0 saturated carbocycles. The third-order valence-electron chi connectivity index (χ3n) is 2.46. The molecule has 0 aromatic carbocycles. The van der Waals surface area contributed by atoms with Crippen molar-refractivity contribution in [3.63, 3.8) is 0 Å². The number of methoxy groups -OCH3 is 1. The normalized spacial score (nSPS) is 17.7. The minimum absolute atomic E-state index is 0.0212. The first-order valence-electron chi connectivity index (χ1n) is 5.25. The number of carbonyl (C=O) groups is 1. The van der Waals surface area contributed by atoms with Gasteiger partial charge in [0.2, 0.25) is 0 Å². The lowest BCUT2D eigenvalue weighted by Gasteiger charge is -2.11. The number of thioether (sulfide) groups is 1. The van der Waals surface area contributed by atoms with E-state index in [2.05, 4.69) is 20.8 Å². The van der Waals surface area contributed by atoms with E-state index >= 15 is 0 Å². The average molecular weight is 297 g/mol. The minimum atomic E-state index is -0.670. The van der Waals surface area contributed by atoms with Gasteiger partial charge in [0.1, 0.15) is 22.7 Å². The summed E-state index contributed by atoms with van der Waals surface area (Å²) in [6, 6.07) is 2.06. The Morgan fingerprint density at radius 2 is 2.42 bits per heavy atom.